The first-order chi connectivity index (χ1) is 8.25. The molecule has 92 valence electrons. The van der Waals surface area contributed by atoms with Gasteiger partial charge in [-0.05, 0) is 49.9 Å². The van der Waals surface area contributed by atoms with Gasteiger partial charge in [-0.1, -0.05) is 35.7 Å². The van der Waals surface area contributed by atoms with Crippen LogP contribution in [-0.2, 0) is 0 Å². The molecule has 0 aromatic heterocycles. The number of rotatable bonds is 1. The largest absolute Gasteiger partial charge is 0.293 e. The van der Waals surface area contributed by atoms with Gasteiger partial charge in [0.1, 0.15) is 0 Å². The Balaban J connectivity index is 1.88. The summed E-state index contributed by atoms with van der Waals surface area (Å²) in [6.07, 6.45) is 6.65. The minimum Gasteiger partial charge on any atom is -0.293 e. The number of piperidine rings is 1. The van der Waals surface area contributed by atoms with Crippen LogP contribution in [0, 0.1) is 0 Å². The Morgan fingerprint density at radius 2 is 1.94 bits per heavy atom. The summed E-state index contributed by atoms with van der Waals surface area (Å²) in [6.45, 7) is 1.23. The van der Waals surface area contributed by atoms with Crippen LogP contribution in [0.1, 0.15) is 43.7 Å². The van der Waals surface area contributed by atoms with Gasteiger partial charge < -0.3 is 0 Å². The Morgan fingerprint density at radius 1 is 1.06 bits per heavy atom. The van der Waals surface area contributed by atoms with Gasteiger partial charge in [0.25, 0.3) is 0 Å². The van der Waals surface area contributed by atoms with Gasteiger partial charge in [-0.15, -0.1) is 0 Å². The highest BCUT2D eigenvalue weighted by Crippen LogP contribution is 2.42. The predicted molar refractivity (Wildman–Crippen MR) is 72.8 cm³/mol. The van der Waals surface area contributed by atoms with E-state index in [-0.39, 0.29) is 0 Å². The van der Waals surface area contributed by atoms with E-state index in [0.717, 1.165) is 16.1 Å². The minimum absolute atomic E-state index is 0.519. The molecule has 2 heterocycles. The van der Waals surface area contributed by atoms with E-state index < -0.39 is 0 Å². The van der Waals surface area contributed by atoms with Crippen molar-refractivity contribution in [1.29, 1.82) is 0 Å². The van der Waals surface area contributed by atoms with E-state index in [1.807, 2.05) is 12.1 Å². The van der Waals surface area contributed by atoms with E-state index in [4.69, 9.17) is 23.2 Å². The minimum atomic E-state index is 0.519. The number of nitrogens with zero attached hydrogens (tertiary/aromatic N) is 1. The fourth-order valence-corrected chi connectivity index (χ4v) is 3.90. The van der Waals surface area contributed by atoms with Gasteiger partial charge in [0.05, 0.1) is 0 Å². The van der Waals surface area contributed by atoms with Crippen LogP contribution in [0.25, 0.3) is 0 Å². The molecule has 0 spiro atoms. The molecule has 1 nitrogen and oxygen atoms in total. The average Bonchev–Trinajstić information content (AvgIpc) is 2.73. The second kappa shape index (κ2) is 4.79. The monoisotopic (exact) mass is 269 g/mol. The molecule has 2 atom stereocenters. The van der Waals surface area contributed by atoms with Gasteiger partial charge in [0.15, 0.2) is 0 Å². The third-order valence-corrected chi connectivity index (χ3v) is 4.73. The molecular formula is C14H17Cl2N. The summed E-state index contributed by atoms with van der Waals surface area (Å²) in [5, 5.41) is 1.56. The highest BCUT2D eigenvalue weighted by Gasteiger charge is 2.36. The van der Waals surface area contributed by atoms with Crippen LogP contribution in [0.15, 0.2) is 18.2 Å². The second-order valence-electron chi connectivity index (χ2n) is 5.15. The molecule has 0 N–H and O–H groups in total. The first-order valence-corrected chi connectivity index (χ1v) is 7.22. The van der Waals surface area contributed by atoms with Crippen molar-refractivity contribution in [3.63, 3.8) is 0 Å². The van der Waals surface area contributed by atoms with Crippen LogP contribution in [0.3, 0.4) is 0 Å². The molecule has 0 unspecified atom stereocenters. The molecule has 2 aliphatic heterocycles. The zero-order valence-corrected chi connectivity index (χ0v) is 11.3. The van der Waals surface area contributed by atoms with Gasteiger partial charge in [-0.2, -0.15) is 0 Å². The molecule has 1 aromatic carbocycles. The van der Waals surface area contributed by atoms with Crippen molar-refractivity contribution >= 4 is 23.2 Å². The zero-order chi connectivity index (χ0) is 11.8. The Morgan fingerprint density at radius 3 is 2.76 bits per heavy atom. The Kier molecular flexibility index (Phi) is 3.34. The number of halogens is 2. The lowest BCUT2D eigenvalue weighted by Gasteiger charge is -2.34. The smallest absolute Gasteiger partial charge is 0.0468 e. The molecule has 0 saturated carbocycles. The number of fused-ring (bicyclic) bond motifs is 1. The van der Waals surface area contributed by atoms with Crippen LogP contribution >= 0.6 is 23.2 Å². The lowest BCUT2D eigenvalue weighted by atomic mass is 10.0. The Bertz CT molecular complexity index is 419. The first kappa shape index (κ1) is 11.8. The summed E-state index contributed by atoms with van der Waals surface area (Å²) in [6, 6.07) is 7.24. The molecular weight excluding hydrogens is 253 g/mol. The van der Waals surface area contributed by atoms with Gasteiger partial charge in [0.2, 0.25) is 0 Å². The second-order valence-corrected chi connectivity index (χ2v) is 5.99. The van der Waals surface area contributed by atoms with E-state index in [9.17, 15) is 0 Å². The highest BCUT2D eigenvalue weighted by molar-refractivity contribution is 6.35. The van der Waals surface area contributed by atoms with Crippen LogP contribution in [0.4, 0.5) is 0 Å². The van der Waals surface area contributed by atoms with E-state index in [2.05, 4.69) is 11.0 Å². The topological polar surface area (TPSA) is 3.24 Å². The van der Waals surface area contributed by atoms with Crippen LogP contribution < -0.4 is 0 Å². The number of benzene rings is 1. The summed E-state index contributed by atoms with van der Waals surface area (Å²) >= 11 is 12.3. The quantitative estimate of drug-likeness (QED) is 0.716. The number of hydrogen-bond donors (Lipinski definition) is 0. The summed E-state index contributed by atoms with van der Waals surface area (Å²) in [5.74, 6) is 0. The van der Waals surface area contributed by atoms with Crippen molar-refractivity contribution < 1.29 is 0 Å². The van der Waals surface area contributed by atoms with E-state index in [0.29, 0.717) is 6.04 Å². The molecule has 2 fully saturated rings. The first-order valence-electron chi connectivity index (χ1n) is 6.46. The summed E-state index contributed by atoms with van der Waals surface area (Å²) in [4.78, 5) is 2.65. The fourth-order valence-electron chi connectivity index (χ4n) is 3.37. The third kappa shape index (κ3) is 2.21. The van der Waals surface area contributed by atoms with Crippen LogP contribution in [0.5, 0.6) is 0 Å². The van der Waals surface area contributed by atoms with Crippen molar-refractivity contribution in [3.8, 4) is 0 Å². The molecule has 2 saturated heterocycles. The molecule has 17 heavy (non-hydrogen) atoms. The van der Waals surface area contributed by atoms with Crippen molar-refractivity contribution in [2.75, 3.05) is 6.54 Å². The van der Waals surface area contributed by atoms with Crippen molar-refractivity contribution in [2.24, 2.45) is 0 Å². The summed E-state index contributed by atoms with van der Waals surface area (Å²) in [5.41, 5.74) is 1.26. The standard InChI is InChI=1S/C14H17Cl2N/c15-10-4-6-12(13(16)9-10)14-7-5-11-3-1-2-8-17(11)14/h4,6,9,11,14H,1-3,5,7-8H2/t11-,14-/m1/s1. The maximum Gasteiger partial charge on any atom is 0.0468 e. The van der Waals surface area contributed by atoms with E-state index in [1.54, 1.807) is 0 Å². The zero-order valence-electron chi connectivity index (χ0n) is 9.83. The predicted octanol–water partition coefficient (Wildman–Crippen LogP) is 4.68. The fraction of sp³-hybridized carbons (Fsp3) is 0.571. The van der Waals surface area contributed by atoms with Crippen molar-refractivity contribution in [1.82, 2.24) is 4.90 Å². The number of hydrogen-bond acceptors (Lipinski definition) is 1. The van der Waals surface area contributed by atoms with Crippen molar-refractivity contribution in [3.05, 3.63) is 33.8 Å². The molecule has 0 bridgehead atoms. The summed E-state index contributed by atoms with van der Waals surface area (Å²) < 4.78 is 0. The van der Waals surface area contributed by atoms with Gasteiger partial charge >= 0.3 is 0 Å². The third-order valence-electron chi connectivity index (χ3n) is 4.17. The molecule has 3 heteroatoms. The molecule has 2 aliphatic rings. The Labute approximate surface area is 113 Å². The lowest BCUT2D eigenvalue weighted by molar-refractivity contribution is 0.150. The van der Waals surface area contributed by atoms with Crippen LogP contribution in [-0.4, -0.2) is 17.5 Å². The van der Waals surface area contributed by atoms with Crippen LogP contribution in [0.2, 0.25) is 10.0 Å². The van der Waals surface area contributed by atoms with Gasteiger partial charge in [0, 0.05) is 22.1 Å². The van der Waals surface area contributed by atoms with E-state index in [1.165, 1.54) is 44.2 Å². The normalized spacial score (nSPS) is 29.3. The maximum absolute atomic E-state index is 6.33. The summed E-state index contributed by atoms with van der Waals surface area (Å²) in [7, 11) is 0. The molecule has 0 aliphatic carbocycles. The molecule has 1 aromatic rings. The van der Waals surface area contributed by atoms with Crippen molar-refractivity contribution in [2.45, 2.75) is 44.2 Å². The van der Waals surface area contributed by atoms with Gasteiger partial charge in [-0.3, -0.25) is 4.90 Å². The average molecular weight is 270 g/mol. The lowest BCUT2D eigenvalue weighted by Crippen LogP contribution is -2.35. The molecule has 3 rings (SSSR count). The van der Waals surface area contributed by atoms with E-state index >= 15 is 0 Å². The molecule has 0 amide bonds. The SMILES string of the molecule is Clc1ccc([C@H]2CC[C@H]3CCCCN32)c(Cl)c1. The Hall–Kier alpha value is -0.240. The molecule has 0 radical (unpaired) electrons. The van der Waals surface area contributed by atoms with Gasteiger partial charge in [-0.25, -0.2) is 0 Å². The maximum atomic E-state index is 6.33. The highest BCUT2D eigenvalue weighted by atomic mass is 35.5.